The van der Waals surface area contributed by atoms with Crippen molar-refractivity contribution >= 4 is 12.1 Å². The van der Waals surface area contributed by atoms with Crippen molar-refractivity contribution in [2.24, 2.45) is 0 Å². The molecule has 0 saturated carbocycles. The molecule has 5 nitrogen and oxygen atoms in total. The SMILES string of the molecule is CCOC(=O)/C=C1/CCCN(C(=O)OC(C)(C)C)C1. The first-order valence-electron chi connectivity index (χ1n) is 6.66. The van der Waals surface area contributed by atoms with Crippen molar-refractivity contribution in [1.29, 1.82) is 0 Å². The van der Waals surface area contributed by atoms with E-state index >= 15 is 0 Å². The Bertz CT molecular complexity index is 368. The predicted molar refractivity (Wildman–Crippen MR) is 71.8 cm³/mol. The van der Waals surface area contributed by atoms with Gasteiger partial charge in [0.05, 0.1) is 6.61 Å². The Balaban J connectivity index is 2.59. The summed E-state index contributed by atoms with van der Waals surface area (Å²) in [4.78, 5) is 24.9. The van der Waals surface area contributed by atoms with Gasteiger partial charge in [0.1, 0.15) is 5.60 Å². The smallest absolute Gasteiger partial charge is 0.410 e. The number of esters is 1. The molecule has 19 heavy (non-hydrogen) atoms. The Morgan fingerprint density at radius 1 is 1.37 bits per heavy atom. The molecule has 1 fully saturated rings. The van der Waals surface area contributed by atoms with Crippen LogP contribution in [0.4, 0.5) is 4.79 Å². The third-order valence-electron chi connectivity index (χ3n) is 2.58. The third kappa shape index (κ3) is 5.77. The Morgan fingerprint density at radius 3 is 2.63 bits per heavy atom. The van der Waals surface area contributed by atoms with Crippen molar-refractivity contribution < 1.29 is 19.1 Å². The fourth-order valence-corrected chi connectivity index (χ4v) is 1.85. The molecule has 1 aliphatic rings. The topological polar surface area (TPSA) is 55.8 Å². The first kappa shape index (κ1) is 15.5. The van der Waals surface area contributed by atoms with Crippen molar-refractivity contribution in [2.45, 2.75) is 46.1 Å². The Labute approximate surface area is 114 Å². The van der Waals surface area contributed by atoms with Crippen molar-refractivity contribution in [3.63, 3.8) is 0 Å². The lowest BCUT2D eigenvalue weighted by Crippen LogP contribution is -2.40. The summed E-state index contributed by atoms with van der Waals surface area (Å²) in [6.45, 7) is 8.74. The highest BCUT2D eigenvalue weighted by Gasteiger charge is 2.25. The number of carbonyl (C=O) groups excluding carboxylic acids is 2. The average molecular weight is 269 g/mol. The monoisotopic (exact) mass is 269 g/mol. The average Bonchev–Trinajstić information content (AvgIpc) is 2.27. The molecule has 0 aromatic carbocycles. The van der Waals surface area contributed by atoms with E-state index in [0.717, 1.165) is 18.4 Å². The first-order chi connectivity index (χ1) is 8.81. The fourth-order valence-electron chi connectivity index (χ4n) is 1.85. The molecule has 0 aromatic rings. The van der Waals surface area contributed by atoms with E-state index in [4.69, 9.17) is 9.47 Å². The molecule has 0 spiro atoms. The van der Waals surface area contributed by atoms with Crippen LogP contribution < -0.4 is 0 Å². The van der Waals surface area contributed by atoms with Gasteiger partial charge in [0.2, 0.25) is 0 Å². The molecule has 5 heteroatoms. The van der Waals surface area contributed by atoms with Gasteiger partial charge in [0.25, 0.3) is 0 Å². The normalized spacial score (nSPS) is 18.3. The van der Waals surface area contributed by atoms with Gasteiger partial charge >= 0.3 is 12.1 Å². The molecular weight excluding hydrogens is 246 g/mol. The van der Waals surface area contributed by atoms with Gasteiger partial charge in [0, 0.05) is 19.2 Å². The van der Waals surface area contributed by atoms with E-state index in [9.17, 15) is 9.59 Å². The number of likely N-dealkylation sites (tertiary alicyclic amines) is 1. The van der Waals surface area contributed by atoms with Gasteiger partial charge in [-0.1, -0.05) is 0 Å². The zero-order chi connectivity index (χ0) is 14.5. The van der Waals surface area contributed by atoms with E-state index in [1.807, 2.05) is 20.8 Å². The molecule has 1 rings (SSSR count). The third-order valence-corrected chi connectivity index (χ3v) is 2.58. The molecule has 0 radical (unpaired) electrons. The lowest BCUT2D eigenvalue weighted by atomic mass is 10.1. The van der Waals surface area contributed by atoms with Gasteiger partial charge in [0.15, 0.2) is 0 Å². The Kier molecular flexibility index (Phi) is 5.39. The molecule has 1 amide bonds. The number of nitrogens with zero attached hydrogens (tertiary/aromatic N) is 1. The minimum absolute atomic E-state index is 0.332. The Morgan fingerprint density at radius 2 is 2.05 bits per heavy atom. The van der Waals surface area contributed by atoms with Crippen LogP contribution in [0.3, 0.4) is 0 Å². The van der Waals surface area contributed by atoms with Crippen LogP contribution in [0.25, 0.3) is 0 Å². The molecular formula is C14H23NO4. The van der Waals surface area contributed by atoms with Gasteiger partial charge < -0.3 is 14.4 Å². The number of carbonyl (C=O) groups is 2. The van der Waals surface area contributed by atoms with Gasteiger partial charge in [-0.2, -0.15) is 0 Å². The highest BCUT2D eigenvalue weighted by Crippen LogP contribution is 2.18. The first-order valence-corrected chi connectivity index (χ1v) is 6.66. The van der Waals surface area contributed by atoms with Crippen molar-refractivity contribution in [3.05, 3.63) is 11.6 Å². The molecule has 108 valence electrons. The molecule has 0 bridgehead atoms. The van der Waals surface area contributed by atoms with E-state index in [2.05, 4.69) is 0 Å². The van der Waals surface area contributed by atoms with Crippen LogP contribution in [0.5, 0.6) is 0 Å². The van der Waals surface area contributed by atoms with Crippen LogP contribution in [0.2, 0.25) is 0 Å². The maximum absolute atomic E-state index is 11.9. The van der Waals surface area contributed by atoms with E-state index < -0.39 is 5.60 Å². The van der Waals surface area contributed by atoms with Crippen LogP contribution in [-0.4, -0.2) is 42.3 Å². The number of ether oxygens (including phenoxy) is 2. The van der Waals surface area contributed by atoms with Crippen molar-refractivity contribution in [2.75, 3.05) is 19.7 Å². The lowest BCUT2D eigenvalue weighted by molar-refractivity contribution is -0.137. The summed E-state index contributed by atoms with van der Waals surface area (Å²) in [5, 5.41) is 0. The van der Waals surface area contributed by atoms with Crippen molar-refractivity contribution in [3.8, 4) is 0 Å². The Hall–Kier alpha value is -1.52. The highest BCUT2D eigenvalue weighted by atomic mass is 16.6. The summed E-state index contributed by atoms with van der Waals surface area (Å²) in [6.07, 6.45) is 2.81. The summed E-state index contributed by atoms with van der Waals surface area (Å²) in [6, 6.07) is 0. The van der Waals surface area contributed by atoms with Gasteiger partial charge in [-0.3, -0.25) is 0 Å². The molecule has 0 aromatic heterocycles. The molecule has 1 aliphatic heterocycles. The molecule has 1 saturated heterocycles. The van der Waals surface area contributed by atoms with Gasteiger partial charge in [-0.05, 0) is 46.1 Å². The zero-order valence-electron chi connectivity index (χ0n) is 12.2. The van der Waals surface area contributed by atoms with Crippen molar-refractivity contribution in [1.82, 2.24) is 4.90 Å². The van der Waals surface area contributed by atoms with Gasteiger partial charge in [-0.25, -0.2) is 9.59 Å². The molecule has 0 atom stereocenters. The van der Waals surface area contributed by atoms with Crippen LogP contribution >= 0.6 is 0 Å². The highest BCUT2D eigenvalue weighted by molar-refractivity contribution is 5.83. The largest absolute Gasteiger partial charge is 0.463 e. The second kappa shape index (κ2) is 6.59. The van der Waals surface area contributed by atoms with Crippen LogP contribution in [-0.2, 0) is 14.3 Å². The predicted octanol–water partition coefficient (Wildman–Crippen LogP) is 2.51. The number of hydrogen-bond acceptors (Lipinski definition) is 4. The van der Waals surface area contributed by atoms with Crippen LogP contribution in [0.1, 0.15) is 40.5 Å². The summed E-state index contributed by atoms with van der Waals surface area (Å²) < 4.78 is 10.2. The standard InChI is InChI=1S/C14H23NO4/c1-5-18-12(16)9-11-7-6-8-15(10-11)13(17)19-14(2,3)4/h9H,5-8,10H2,1-4H3/b11-9-. The molecule has 0 aliphatic carbocycles. The number of amides is 1. The minimum atomic E-state index is -0.500. The summed E-state index contributed by atoms with van der Waals surface area (Å²) in [5.41, 5.74) is 0.412. The molecule has 1 heterocycles. The van der Waals surface area contributed by atoms with Gasteiger partial charge in [-0.15, -0.1) is 0 Å². The maximum atomic E-state index is 11.9. The summed E-state index contributed by atoms with van der Waals surface area (Å²) in [7, 11) is 0. The van der Waals surface area contributed by atoms with E-state index in [0.29, 0.717) is 19.7 Å². The number of hydrogen-bond donors (Lipinski definition) is 0. The van der Waals surface area contributed by atoms with E-state index in [-0.39, 0.29) is 12.1 Å². The zero-order valence-corrected chi connectivity index (χ0v) is 12.2. The van der Waals surface area contributed by atoms with Crippen LogP contribution in [0.15, 0.2) is 11.6 Å². The minimum Gasteiger partial charge on any atom is -0.463 e. The van der Waals surface area contributed by atoms with Crippen LogP contribution in [0, 0.1) is 0 Å². The fraction of sp³-hybridized carbons (Fsp3) is 0.714. The quantitative estimate of drug-likeness (QED) is 0.571. The van der Waals surface area contributed by atoms with E-state index in [1.54, 1.807) is 11.8 Å². The number of piperidine rings is 1. The number of rotatable bonds is 2. The molecule has 0 unspecified atom stereocenters. The maximum Gasteiger partial charge on any atom is 0.410 e. The second-order valence-corrected chi connectivity index (χ2v) is 5.56. The summed E-state index contributed by atoms with van der Waals surface area (Å²) >= 11 is 0. The van der Waals surface area contributed by atoms with E-state index in [1.165, 1.54) is 6.08 Å². The lowest BCUT2D eigenvalue weighted by Gasteiger charge is -2.31. The summed E-state index contributed by atoms with van der Waals surface area (Å²) in [5.74, 6) is -0.344. The molecule has 0 N–H and O–H groups in total. The second-order valence-electron chi connectivity index (χ2n) is 5.56.